The Hall–Kier alpha value is -2.30. The van der Waals surface area contributed by atoms with Crippen molar-refractivity contribution in [1.82, 2.24) is 5.16 Å². The van der Waals surface area contributed by atoms with Crippen LogP contribution in [0.1, 0.15) is 31.6 Å². The third-order valence-electron chi connectivity index (χ3n) is 3.15. The summed E-state index contributed by atoms with van der Waals surface area (Å²) in [5, 5.41) is 9.62. The molecule has 0 fully saturated rings. The minimum Gasteiger partial charge on any atom is -0.374 e. The van der Waals surface area contributed by atoms with Gasteiger partial charge in [-0.05, 0) is 38.0 Å². The Morgan fingerprint density at radius 1 is 1.33 bits per heavy atom. The fourth-order valence-electron chi connectivity index (χ4n) is 2.03. The first kappa shape index (κ1) is 15.1. The smallest absolute Gasteiger partial charge is 0.247 e. The molecule has 0 saturated carbocycles. The monoisotopic (exact) mass is 287 g/mol. The largest absolute Gasteiger partial charge is 0.374 e. The summed E-state index contributed by atoms with van der Waals surface area (Å²) in [5.74, 6) is 0.947. The summed E-state index contributed by atoms with van der Waals surface area (Å²) < 4.78 is 4.91. The molecule has 0 aliphatic heterocycles. The molecule has 2 rings (SSSR count). The van der Waals surface area contributed by atoms with Crippen LogP contribution >= 0.6 is 0 Å². The van der Waals surface area contributed by atoms with Crippen LogP contribution in [0.5, 0.6) is 0 Å². The van der Waals surface area contributed by atoms with Crippen molar-refractivity contribution in [3.05, 3.63) is 41.7 Å². The maximum Gasteiger partial charge on any atom is 0.247 e. The first-order valence-corrected chi connectivity index (χ1v) is 7.18. The average Bonchev–Trinajstić information content (AvgIpc) is 2.86. The summed E-state index contributed by atoms with van der Waals surface area (Å²) in [5.41, 5.74) is 2.23. The molecule has 0 radical (unpaired) electrons. The van der Waals surface area contributed by atoms with E-state index >= 15 is 0 Å². The SMILES string of the molecule is CCCc1ccc(NC(C)C(=O)Nc2cc(C)on2)cc1. The van der Waals surface area contributed by atoms with Gasteiger partial charge < -0.3 is 15.2 Å². The Morgan fingerprint density at radius 3 is 2.62 bits per heavy atom. The van der Waals surface area contributed by atoms with Crippen LogP contribution in [0.4, 0.5) is 11.5 Å². The second-order valence-corrected chi connectivity index (χ2v) is 5.13. The average molecular weight is 287 g/mol. The highest BCUT2D eigenvalue weighted by Gasteiger charge is 2.14. The van der Waals surface area contributed by atoms with Gasteiger partial charge in [0.25, 0.3) is 0 Å². The normalized spacial score (nSPS) is 12.0. The second kappa shape index (κ2) is 6.92. The van der Waals surface area contributed by atoms with Gasteiger partial charge in [-0.3, -0.25) is 4.79 Å². The van der Waals surface area contributed by atoms with E-state index in [1.807, 2.05) is 19.1 Å². The van der Waals surface area contributed by atoms with Gasteiger partial charge in [0.2, 0.25) is 5.91 Å². The van der Waals surface area contributed by atoms with Crippen molar-refractivity contribution in [1.29, 1.82) is 0 Å². The van der Waals surface area contributed by atoms with E-state index < -0.39 is 0 Å². The Kier molecular flexibility index (Phi) is 4.98. The molecule has 1 heterocycles. The van der Waals surface area contributed by atoms with Crippen molar-refractivity contribution < 1.29 is 9.32 Å². The van der Waals surface area contributed by atoms with Crippen molar-refractivity contribution in [2.24, 2.45) is 0 Å². The number of anilines is 2. The second-order valence-electron chi connectivity index (χ2n) is 5.13. The van der Waals surface area contributed by atoms with Crippen LogP contribution in [0.2, 0.25) is 0 Å². The van der Waals surface area contributed by atoms with Crippen LogP contribution < -0.4 is 10.6 Å². The first-order chi connectivity index (χ1) is 10.1. The van der Waals surface area contributed by atoms with Crippen LogP contribution in [0.15, 0.2) is 34.9 Å². The van der Waals surface area contributed by atoms with Crippen LogP contribution in [-0.4, -0.2) is 17.1 Å². The fraction of sp³-hybridized carbons (Fsp3) is 0.375. The van der Waals surface area contributed by atoms with Crippen molar-refractivity contribution >= 4 is 17.4 Å². The number of benzene rings is 1. The molecule has 0 spiro atoms. The number of aryl methyl sites for hydroxylation is 2. The number of carbonyl (C=O) groups excluding carboxylic acids is 1. The number of aromatic nitrogens is 1. The third kappa shape index (κ3) is 4.34. The Balaban J connectivity index is 1.90. The predicted octanol–water partition coefficient (Wildman–Crippen LogP) is 3.37. The van der Waals surface area contributed by atoms with Crippen LogP contribution in [0.3, 0.4) is 0 Å². The van der Waals surface area contributed by atoms with Gasteiger partial charge in [-0.2, -0.15) is 0 Å². The molecule has 0 aliphatic rings. The van der Waals surface area contributed by atoms with E-state index in [4.69, 9.17) is 4.52 Å². The summed E-state index contributed by atoms with van der Waals surface area (Å²) in [6.45, 7) is 5.74. The Bertz CT molecular complexity index is 590. The fourth-order valence-corrected chi connectivity index (χ4v) is 2.03. The van der Waals surface area contributed by atoms with Crippen LogP contribution in [-0.2, 0) is 11.2 Å². The lowest BCUT2D eigenvalue weighted by molar-refractivity contribution is -0.116. The van der Waals surface area contributed by atoms with E-state index in [9.17, 15) is 4.79 Å². The lowest BCUT2D eigenvalue weighted by atomic mass is 10.1. The Labute approximate surface area is 124 Å². The minimum atomic E-state index is -0.362. The summed E-state index contributed by atoms with van der Waals surface area (Å²) in [7, 11) is 0. The van der Waals surface area contributed by atoms with Crippen molar-refractivity contribution in [3.8, 4) is 0 Å². The zero-order valence-electron chi connectivity index (χ0n) is 12.6. The number of carbonyl (C=O) groups is 1. The van der Waals surface area contributed by atoms with Gasteiger partial charge in [0.1, 0.15) is 11.8 Å². The molecule has 112 valence electrons. The van der Waals surface area contributed by atoms with E-state index in [1.54, 1.807) is 13.0 Å². The molecular formula is C16H21N3O2. The third-order valence-corrected chi connectivity index (χ3v) is 3.15. The van der Waals surface area contributed by atoms with E-state index in [0.29, 0.717) is 11.6 Å². The minimum absolute atomic E-state index is 0.152. The van der Waals surface area contributed by atoms with Gasteiger partial charge in [-0.25, -0.2) is 0 Å². The van der Waals surface area contributed by atoms with Crippen molar-refractivity contribution in [2.75, 3.05) is 10.6 Å². The predicted molar refractivity (Wildman–Crippen MR) is 83.4 cm³/mol. The number of rotatable bonds is 6. The van der Waals surface area contributed by atoms with Crippen molar-refractivity contribution in [2.45, 2.75) is 39.7 Å². The summed E-state index contributed by atoms with van der Waals surface area (Å²) in [4.78, 5) is 12.0. The van der Waals surface area contributed by atoms with E-state index in [1.165, 1.54) is 5.56 Å². The molecule has 2 N–H and O–H groups in total. The first-order valence-electron chi connectivity index (χ1n) is 7.18. The quantitative estimate of drug-likeness (QED) is 0.854. The lowest BCUT2D eigenvalue weighted by Gasteiger charge is -2.14. The number of nitrogens with one attached hydrogen (secondary N) is 2. The van der Waals surface area contributed by atoms with Gasteiger partial charge in [0, 0.05) is 11.8 Å². The maximum absolute atomic E-state index is 12.0. The molecular weight excluding hydrogens is 266 g/mol. The molecule has 1 unspecified atom stereocenters. The topological polar surface area (TPSA) is 67.2 Å². The molecule has 1 aromatic heterocycles. The highest BCUT2D eigenvalue weighted by Crippen LogP contribution is 2.13. The van der Waals surface area contributed by atoms with Gasteiger partial charge in [0.15, 0.2) is 5.82 Å². The molecule has 0 bridgehead atoms. The summed E-state index contributed by atoms with van der Waals surface area (Å²) in [6.07, 6.45) is 2.20. The molecule has 1 amide bonds. The van der Waals surface area contributed by atoms with Gasteiger partial charge in [-0.15, -0.1) is 0 Å². The van der Waals surface area contributed by atoms with Crippen molar-refractivity contribution in [3.63, 3.8) is 0 Å². The highest BCUT2D eigenvalue weighted by atomic mass is 16.5. The number of hydrogen-bond donors (Lipinski definition) is 2. The molecule has 21 heavy (non-hydrogen) atoms. The maximum atomic E-state index is 12.0. The zero-order valence-corrected chi connectivity index (χ0v) is 12.6. The van der Waals surface area contributed by atoms with Gasteiger partial charge in [-0.1, -0.05) is 30.6 Å². The number of nitrogens with zero attached hydrogens (tertiary/aromatic N) is 1. The van der Waals surface area contributed by atoms with E-state index in [0.717, 1.165) is 18.5 Å². The van der Waals surface area contributed by atoms with Crippen LogP contribution in [0, 0.1) is 6.92 Å². The summed E-state index contributed by atoms with van der Waals surface area (Å²) in [6, 6.07) is 9.47. The number of amides is 1. The molecule has 5 nitrogen and oxygen atoms in total. The van der Waals surface area contributed by atoms with Gasteiger partial charge >= 0.3 is 0 Å². The molecule has 5 heteroatoms. The van der Waals surface area contributed by atoms with E-state index in [-0.39, 0.29) is 11.9 Å². The van der Waals surface area contributed by atoms with E-state index in [2.05, 4.69) is 34.8 Å². The molecule has 1 aromatic carbocycles. The molecule has 0 aliphatic carbocycles. The summed E-state index contributed by atoms with van der Waals surface area (Å²) >= 11 is 0. The highest BCUT2D eigenvalue weighted by molar-refractivity contribution is 5.95. The number of hydrogen-bond acceptors (Lipinski definition) is 4. The zero-order chi connectivity index (χ0) is 15.2. The van der Waals surface area contributed by atoms with Gasteiger partial charge in [0.05, 0.1) is 0 Å². The Morgan fingerprint density at radius 2 is 2.05 bits per heavy atom. The molecule has 0 saturated heterocycles. The van der Waals surface area contributed by atoms with Crippen LogP contribution in [0.25, 0.3) is 0 Å². The standard InChI is InChI=1S/C16H21N3O2/c1-4-5-13-6-8-14(9-7-13)17-12(3)16(20)18-15-10-11(2)21-19-15/h6-10,12,17H,4-5H2,1-3H3,(H,18,19,20). The molecule has 2 aromatic rings. The molecule has 1 atom stereocenters. The lowest BCUT2D eigenvalue weighted by Crippen LogP contribution is -2.31.